The molecule has 1 saturated heterocycles. The molecule has 2 heterocycles. The summed E-state index contributed by atoms with van der Waals surface area (Å²) >= 11 is 0. The molecule has 1 aromatic heterocycles. The first-order chi connectivity index (χ1) is 13.2. The first kappa shape index (κ1) is 21.3. The van der Waals surface area contributed by atoms with Crippen molar-refractivity contribution in [3.63, 3.8) is 0 Å². The van der Waals surface area contributed by atoms with Gasteiger partial charge < -0.3 is 10.1 Å². The van der Waals surface area contributed by atoms with Crippen molar-refractivity contribution >= 4 is 15.9 Å². The van der Waals surface area contributed by atoms with E-state index in [0.717, 1.165) is 12.8 Å². The molecule has 0 spiro atoms. The van der Waals surface area contributed by atoms with E-state index in [0.29, 0.717) is 49.5 Å². The molecule has 0 unspecified atom stereocenters. The lowest BCUT2D eigenvalue weighted by molar-refractivity contribution is -0.123. The van der Waals surface area contributed by atoms with Crippen LogP contribution < -0.4 is 5.32 Å². The summed E-state index contributed by atoms with van der Waals surface area (Å²) in [5.74, 6) is 0.917. The van der Waals surface area contributed by atoms with E-state index in [-0.39, 0.29) is 23.4 Å². The SMILES string of the molecule is Cc1nn(CC(=O)N[C@@H]2CCC[C@@H](C)[C@@H]2C)c(C)c1S(=O)(=O)N1CCOCC1. The molecule has 8 nitrogen and oxygen atoms in total. The molecular weight excluding hydrogens is 380 g/mol. The largest absolute Gasteiger partial charge is 0.379 e. The maximum atomic E-state index is 13.0. The minimum absolute atomic E-state index is 0.0307. The number of carbonyl (C=O) groups excluding carboxylic acids is 1. The van der Waals surface area contributed by atoms with Gasteiger partial charge in [-0.2, -0.15) is 9.40 Å². The summed E-state index contributed by atoms with van der Waals surface area (Å²) in [5, 5.41) is 7.49. The predicted octanol–water partition coefficient (Wildman–Crippen LogP) is 1.46. The zero-order valence-electron chi connectivity index (χ0n) is 17.3. The Morgan fingerprint density at radius 1 is 1.21 bits per heavy atom. The third-order valence-corrected chi connectivity index (χ3v) is 8.38. The summed E-state index contributed by atoms with van der Waals surface area (Å²) in [4.78, 5) is 12.8. The Kier molecular flexibility index (Phi) is 6.46. The van der Waals surface area contributed by atoms with Crippen LogP contribution in [0, 0.1) is 25.7 Å². The molecule has 158 valence electrons. The number of nitrogens with zero attached hydrogens (tertiary/aromatic N) is 3. The van der Waals surface area contributed by atoms with Gasteiger partial charge in [0.15, 0.2) is 0 Å². The number of nitrogens with one attached hydrogen (secondary N) is 1. The fourth-order valence-corrected chi connectivity index (χ4v) is 6.08. The van der Waals surface area contributed by atoms with Gasteiger partial charge in [-0.3, -0.25) is 9.48 Å². The van der Waals surface area contributed by atoms with Gasteiger partial charge in [0.1, 0.15) is 11.4 Å². The van der Waals surface area contributed by atoms with Crippen molar-refractivity contribution in [1.82, 2.24) is 19.4 Å². The minimum atomic E-state index is -3.64. The van der Waals surface area contributed by atoms with Crippen LogP contribution in [0.2, 0.25) is 0 Å². The van der Waals surface area contributed by atoms with E-state index in [1.807, 2.05) is 0 Å². The van der Waals surface area contributed by atoms with Crippen molar-refractivity contribution in [1.29, 1.82) is 0 Å². The van der Waals surface area contributed by atoms with Gasteiger partial charge in [-0.15, -0.1) is 0 Å². The number of rotatable bonds is 5. The second kappa shape index (κ2) is 8.51. The molecule has 3 atom stereocenters. The molecule has 3 rings (SSSR count). The monoisotopic (exact) mass is 412 g/mol. The van der Waals surface area contributed by atoms with Crippen LogP contribution in [0.1, 0.15) is 44.5 Å². The first-order valence-corrected chi connectivity index (χ1v) is 11.6. The molecule has 28 heavy (non-hydrogen) atoms. The maximum Gasteiger partial charge on any atom is 0.246 e. The minimum Gasteiger partial charge on any atom is -0.379 e. The number of ether oxygens (including phenoxy) is 1. The van der Waals surface area contributed by atoms with Gasteiger partial charge in [0.25, 0.3) is 0 Å². The van der Waals surface area contributed by atoms with Crippen molar-refractivity contribution in [2.45, 2.75) is 64.4 Å². The van der Waals surface area contributed by atoms with Gasteiger partial charge in [-0.1, -0.05) is 26.7 Å². The van der Waals surface area contributed by atoms with E-state index in [9.17, 15) is 13.2 Å². The maximum absolute atomic E-state index is 13.0. The molecule has 1 aliphatic heterocycles. The van der Waals surface area contributed by atoms with E-state index in [1.165, 1.54) is 15.4 Å². The molecule has 2 fully saturated rings. The quantitative estimate of drug-likeness (QED) is 0.790. The molecule has 1 aromatic rings. The van der Waals surface area contributed by atoms with Crippen molar-refractivity contribution in [2.24, 2.45) is 11.8 Å². The zero-order valence-corrected chi connectivity index (χ0v) is 18.1. The van der Waals surface area contributed by atoms with E-state index >= 15 is 0 Å². The number of amides is 1. The van der Waals surface area contributed by atoms with Gasteiger partial charge in [0.2, 0.25) is 15.9 Å². The van der Waals surface area contributed by atoms with Gasteiger partial charge in [-0.25, -0.2) is 8.42 Å². The van der Waals surface area contributed by atoms with E-state index in [1.54, 1.807) is 13.8 Å². The molecule has 1 amide bonds. The number of morpholine rings is 1. The molecular formula is C19H32N4O4S. The molecule has 0 radical (unpaired) electrons. The Labute approximate surface area is 167 Å². The van der Waals surface area contributed by atoms with Crippen LogP contribution in [-0.4, -0.2) is 60.8 Å². The summed E-state index contributed by atoms with van der Waals surface area (Å²) in [6, 6.07) is 0.171. The van der Waals surface area contributed by atoms with E-state index in [2.05, 4.69) is 24.3 Å². The lowest BCUT2D eigenvalue weighted by Gasteiger charge is -2.34. The first-order valence-electron chi connectivity index (χ1n) is 10.1. The number of hydrogen-bond acceptors (Lipinski definition) is 5. The highest BCUT2D eigenvalue weighted by Crippen LogP contribution is 2.29. The van der Waals surface area contributed by atoms with Crippen LogP contribution in [0.3, 0.4) is 0 Å². The molecule has 1 aliphatic carbocycles. The Bertz CT molecular complexity index is 814. The van der Waals surface area contributed by atoms with Gasteiger partial charge in [0.05, 0.1) is 24.6 Å². The molecule has 0 bridgehead atoms. The van der Waals surface area contributed by atoms with Crippen LogP contribution >= 0.6 is 0 Å². The number of aromatic nitrogens is 2. The average Bonchev–Trinajstić information content (AvgIpc) is 2.93. The molecule has 1 N–H and O–H groups in total. The van der Waals surface area contributed by atoms with Crippen molar-refractivity contribution in [3.8, 4) is 0 Å². The third-order valence-electron chi connectivity index (χ3n) is 6.23. The summed E-state index contributed by atoms with van der Waals surface area (Å²) in [5.41, 5.74) is 0.931. The lowest BCUT2D eigenvalue weighted by Crippen LogP contribution is -2.45. The van der Waals surface area contributed by atoms with Crippen molar-refractivity contribution < 1.29 is 17.9 Å². The number of hydrogen-bond donors (Lipinski definition) is 1. The molecule has 2 aliphatic rings. The van der Waals surface area contributed by atoms with Crippen LogP contribution in [0.5, 0.6) is 0 Å². The van der Waals surface area contributed by atoms with Crippen LogP contribution in [0.25, 0.3) is 0 Å². The zero-order chi connectivity index (χ0) is 20.5. The highest BCUT2D eigenvalue weighted by molar-refractivity contribution is 7.89. The third kappa shape index (κ3) is 4.26. The summed E-state index contributed by atoms with van der Waals surface area (Å²) in [6.07, 6.45) is 3.32. The van der Waals surface area contributed by atoms with E-state index in [4.69, 9.17) is 4.74 Å². The summed E-state index contributed by atoms with van der Waals surface area (Å²) < 4.78 is 34.3. The fraction of sp³-hybridized carbons (Fsp3) is 0.789. The van der Waals surface area contributed by atoms with Crippen LogP contribution in [0.4, 0.5) is 0 Å². The van der Waals surface area contributed by atoms with Gasteiger partial charge in [0, 0.05) is 19.1 Å². The van der Waals surface area contributed by atoms with Crippen LogP contribution in [0.15, 0.2) is 4.90 Å². The highest BCUT2D eigenvalue weighted by Gasteiger charge is 2.33. The Balaban J connectivity index is 1.73. The second-order valence-electron chi connectivity index (χ2n) is 8.12. The van der Waals surface area contributed by atoms with E-state index < -0.39 is 10.0 Å². The standard InChI is InChI=1S/C19H32N4O4S/c1-13-6-5-7-17(14(13)2)20-18(24)12-23-16(4)19(15(3)21-23)28(25,26)22-8-10-27-11-9-22/h13-14,17H,5-12H2,1-4H3,(H,20,24)/t13-,14+,17-/m1/s1. The predicted molar refractivity (Wildman–Crippen MR) is 105 cm³/mol. The van der Waals surface area contributed by atoms with Gasteiger partial charge >= 0.3 is 0 Å². The summed E-state index contributed by atoms with van der Waals surface area (Å²) in [6.45, 7) is 9.30. The Morgan fingerprint density at radius 3 is 2.57 bits per heavy atom. The Hall–Kier alpha value is -1.45. The summed E-state index contributed by atoms with van der Waals surface area (Å²) in [7, 11) is -3.64. The topological polar surface area (TPSA) is 93.5 Å². The Morgan fingerprint density at radius 2 is 1.89 bits per heavy atom. The van der Waals surface area contributed by atoms with Crippen molar-refractivity contribution in [3.05, 3.63) is 11.4 Å². The van der Waals surface area contributed by atoms with Crippen molar-refractivity contribution in [2.75, 3.05) is 26.3 Å². The normalized spacial score (nSPS) is 26.9. The average molecular weight is 413 g/mol. The van der Waals surface area contributed by atoms with Crippen LogP contribution in [-0.2, 0) is 26.1 Å². The van der Waals surface area contributed by atoms with Gasteiger partial charge in [-0.05, 0) is 32.1 Å². The number of aryl methyl sites for hydroxylation is 1. The number of carbonyl (C=O) groups is 1. The smallest absolute Gasteiger partial charge is 0.246 e. The highest BCUT2D eigenvalue weighted by atomic mass is 32.2. The molecule has 9 heteroatoms. The number of sulfonamides is 1. The molecule has 1 saturated carbocycles. The lowest BCUT2D eigenvalue weighted by atomic mass is 9.78. The molecule has 0 aromatic carbocycles. The fourth-order valence-electron chi connectivity index (χ4n) is 4.30. The second-order valence-corrected chi connectivity index (χ2v) is 9.99.